The Morgan fingerprint density at radius 1 is 1.15 bits per heavy atom. The minimum atomic E-state index is -0.0663. The molecule has 2 aromatic heterocycles. The first kappa shape index (κ1) is 17.8. The lowest BCUT2D eigenvalue weighted by Crippen LogP contribution is -2.18. The van der Waals surface area contributed by atoms with E-state index in [9.17, 15) is 4.79 Å². The number of nitrogens with one attached hydrogen (secondary N) is 1. The molecule has 0 unspecified atom stereocenters. The topological polar surface area (TPSA) is 75.4 Å². The first-order chi connectivity index (χ1) is 13.1. The van der Waals surface area contributed by atoms with Gasteiger partial charge < -0.3 is 10.2 Å². The number of carbonyl (C=O) groups is 1. The highest BCUT2D eigenvalue weighted by Crippen LogP contribution is 2.23. The van der Waals surface area contributed by atoms with Crippen molar-refractivity contribution in [2.24, 2.45) is 0 Å². The van der Waals surface area contributed by atoms with E-state index in [1.807, 2.05) is 36.4 Å². The van der Waals surface area contributed by atoms with Gasteiger partial charge in [0.15, 0.2) is 5.16 Å². The van der Waals surface area contributed by atoms with Gasteiger partial charge in [-0.3, -0.25) is 9.20 Å². The number of amides is 1. The summed E-state index contributed by atoms with van der Waals surface area (Å²) in [7, 11) is 0. The first-order valence-electron chi connectivity index (χ1n) is 9.07. The van der Waals surface area contributed by atoms with Crippen LogP contribution in [-0.4, -0.2) is 44.3 Å². The molecule has 0 aliphatic carbocycles. The summed E-state index contributed by atoms with van der Waals surface area (Å²) < 4.78 is 1.87. The van der Waals surface area contributed by atoms with Gasteiger partial charge in [0.1, 0.15) is 0 Å². The largest absolute Gasteiger partial charge is 0.372 e. The summed E-state index contributed by atoms with van der Waals surface area (Å²) in [4.78, 5) is 19.0. The van der Waals surface area contributed by atoms with Crippen LogP contribution in [0.3, 0.4) is 0 Å². The van der Waals surface area contributed by atoms with Crippen molar-refractivity contribution in [1.29, 1.82) is 0 Å². The van der Waals surface area contributed by atoms with Crippen LogP contribution >= 0.6 is 11.8 Å². The van der Waals surface area contributed by atoms with Crippen LogP contribution in [0.25, 0.3) is 5.78 Å². The van der Waals surface area contributed by atoms with Crippen molar-refractivity contribution in [3.05, 3.63) is 41.7 Å². The summed E-state index contributed by atoms with van der Waals surface area (Å²) in [6.07, 6.45) is 2.50. The number of thioether (sulfide) groups is 1. The fraction of sp³-hybridized carbons (Fsp3) is 0.368. The third-order valence-corrected chi connectivity index (χ3v) is 5.55. The summed E-state index contributed by atoms with van der Waals surface area (Å²) in [5.74, 6) is 0.762. The molecule has 1 aromatic carbocycles. The van der Waals surface area contributed by atoms with E-state index >= 15 is 0 Å². The van der Waals surface area contributed by atoms with Gasteiger partial charge >= 0.3 is 0 Å². The Morgan fingerprint density at radius 3 is 2.63 bits per heavy atom. The van der Waals surface area contributed by atoms with Gasteiger partial charge in [-0.2, -0.15) is 0 Å². The highest BCUT2D eigenvalue weighted by molar-refractivity contribution is 7.99. The Bertz CT molecular complexity index is 962. The van der Waals surface area contributed by atoms with Crippen LogP contribution in [0.4, 0.5) is 11.4 Å². The maximum atomic E-state index is 12.3. The number of anilines is 2. The number of hydrogen-bond donors (Lipinski definition) is 1. The van der Waals surface area contributed by atoms with E-state index in [4.69, 9.17) is 0 Å². The maximum Gasteiger partial charge on any atom is 0.256 e. The molecule has 4 rings (SSSR count). The fourth-order valence-corrected chi connectivity index (χ4v) is 4.14. The van der Waals surface area contributed by atoms with E-state index in [-0.39, 0.29) is 11.7 Å². The predicted octanol–water partition coefficient (Wildman–Crippen LogP) is 3.07. The summed E-state index contributed by atoms with van der Waals surface area (Å²) in [6, 6.07) is 10.0. The average Bonchev–Trinajstić information content (AvgIpc) is 3.30. The van der Waals surface area contributed by atoms with Crippen LogP contribution in [0, 0.1) is 13.8 Å². The Balaban J connectivity index is 1.37. The van der Waals surface area contributed by atoms with Crippen LogP contribution in [0.15, 0.2) is 35.5 Å². The van der Waals surface area contributed by atoms with Crippen molar-refractivity contribution >= 4 is 34.8 Å². The zero-order chi connectivity index (χ0) is 18.8. The molecule has 3 heterocycles. The summed E-state index contributed by atoms with van der Waals surface area (Å²) >= 11 is 1.36. The summed E-state index contributed by atoms with van der Waals surface area (Å²) in [5, 5.41) is 11.9. The molecule has 1 N–H and O–H groups in total. The number of benzene rings is 1. The standard InChI is InChI=1S/C19H22N6OS/c1-13-11-14(2)25-18(20-13)22-23-19(25)27-12-17(26)21-15-5-7-16(8-6-15)24-9-3-4-10-24/h5-8,11H,3-4,9-10,12H2,1-2H3,(H,21,26). The minimum absolute atomic E-state index is 0.0663. The molecule has 1 saturated heterocycles. The Hall–Kier alpha value is -2.61. The molecule has 1 aliphatic heterocycles. The van der Waals surface area contributed by atoms with E-state index < -0.39 is 0 Å². The van der Waals surface area contributed by atoms with Crippen LogP contribution in [0.2, 0.25) is 0 Å². The first-order valence-corrected chi connectivity index (χ1v) is 10.1. The van der Waals surface area contributed by atoms with Crippen molar-refractivity contribution in [2.45, 2.75) is 31.8 Å². The van der Waals surface area contributed by atoms with Gasteiger partial charge in [0.05, 0.1) is 5.75 Å². The molecule has 8 heteroatoms. The van der Waals surface area contributed by atoms with Gasteiger partial charge in [-0.1, -0.05) is 11.8 Å². The van der Waals surface area contributed by atoms with Gasteiger partial charge in [0, 0.05) is 35.9 Å². The van der Waals surface area contributed by atoms with E-state index in [1.54, 1.807) is 0 Å². The minimum Gasteiger partial charge on any atom is -0.372 e. The smallest absolute Gasteiger partial charge is 0.256 e. The number of fused-ring (bicyclic) bond motifs is 1. The molecule has 1 fully saturated rings. The highest BCUT2D eigenvalue weighted by Gasteiger charge is 2.14. The van der Waals surface area contributed by atoms with E-state index in [1.165, 1.54) is 30.3 Å². The van der Waals surface area contributed by atoms with Gasteiger partial charge in [0.2, 0.25) is 5.91 Å². The molecule has 0 bridgehead atoms. The lowest BCUT2D eigenvalue weighted by molar-refractivity contribution is -0.113. The fourth-order valence-electron chi connectivity index (χ4n) is 3.35. The molecule has 0 radical (unpaired) electrons. The van der Waals surface area contributed by atoms with Crippen LogP contribution in [-0.2, 0) is 4.79 Å². The third kappa shape index (κ3) is 3.90. The SMILES string of the molecule is Cc1cc(C)n2c(SCC(=O)Nc3ccc(N4CCCC4)cc3)nnc2n1. The molecule has 0 atom stereocenters. The zero-order valence-corrected chi connectivity index (χ0v) is 16.3. The van der Waals surface area contributed by atoms with E-state index in [0.717, 1.165) is 30.2 Å². The maximum absolute atomic E-state index is 12.3. The Labute approximate surface area is 162 Å². The number of aryl methyl sites for hydroxylation is 2. The molecule has 0 spiro atoms. The summed E-state index contributed by atoms with van der Waals surface area (Å²) in [6.45, 7) is 6.14. The van der Waals surface area contributed by atoms with Gasteiger partial charge in [-0.05, 0) is 57.0 Å². The second-order valence-electron chi connectivity index (χ2n) is 6.73. The molecule has 140 valence electrons. The molecular formula is C19H22N6OS. The van der Waals surface area contributed by atoms with Gasteiger partial charge in [-0.25, -0.2) is 4.98 Å². The molecule has 3 aromatic rings. The molecule has 1 amide bonds. The van der Waals surface area contributed by atoms with E-state index in [0.29, 0.717) is 10.9 Å². The second-order valence-corrected chi connectivity index (χ2v) is 7.68. The lowest BCUT2D eigenvalue weighted by atomic mass is 10.2. The predicted molar refractivity (Wildman–Crippen MR) is 107 cm³/mol. The van der Waals surface area contributed by atoms with Crippen molar-refractivity contribution in [3.8, 4) is 0 Å². The molecule has 7 nitrogen and oxygen atoms in total. The summed E-state index contributed by atoms with van der Waals surface area (Å²) in [5.41, 5.74) is 3.93. The zero-order valence-electron chi connectivity index (χ0n) is 15.5. The van der Waals surface area contributed by atoms with Crippen LogP contribution in [0.5, 0.6) is 0 Å². The number of nitrogens with zero attached hydrogens (tertiary/aromatic N) is 5. The monoisotopic (exact) mass is 382 g/mol. The van der Waals surface area contributed by atoms with Crippen molar-refractivity contribution in [2.75, 3.05) is 29.1 Å². The number of rotatable bonds is 5. The van der Waals surface area contributed by atoms with Crippen molar-refractivity contribution in [1.82, 2.24) is 19.6 Å². The van der Waals surface area contributed by atoms with Crippen LogP contribution in [0.1, 0.15) is 24.2 Å². The van der Waals surface area contributed by atoms with Gasteiger partial charge in [-0.15, -0.1) is 10.2 Å². The molecule has 27 heavy (non-hydrogen) atoms. The molecular weight excluding hydrogens is 360 g/mol. The highest BCUT2D eigenvalue weighted by atomic mass is 32.2. The second kappa shape index (κ2) is 7.56. The Kier molecular flexibility index (Phi) is 4.98. The van der Waals surface area contributed by atoms with Gasteiger partial charge in [0.25, 0.3) is 5.78 Å². The third-order valence-electron chi connectivity index (χ3n) is 4.62. The Morgan fingerprint density at radius 2 is 1.89 bits per heavy atom. The van der Waals surface area contributed by atoms with Crippen LogP contribution < -0.4 is 10.2 Å². The quantitative estimate of drug-likeness (QED) is 0.684. The molecule has 1 aliphatic rings. The van der Waals surface area contributed by atoms with Crippen molar-refractivity contribution < 1.29 is 4.79 Å². The number of aromatic nitrogens is 4. The lowest BCUT2D eigenvalue weighted by Gasteiger charge is -2.17. The van der Waals surface area contributed by atoms with E-state index in [2.05, 4.69) is 37.5 Å². The normalized spacial score (nSPS) is 14.1. The number of carbonyl (C=O) groups excluding carboxylic acids is 1. The number of hydrogen-bond acceptors (Lipinski definition) is 6. The average molecular weight is 382 g/mol. The molecule has 0 saturated carbocycles. The van der Waals surface area contributed by atoms with Crippen molar-refractivity contribution in [3.63, 3.8) is 0 Å².